The van der Waals surface area contributed by atoms with Gasteiger partial charge in [0, 0.05) is 0 Å². The third kappa shape index (κ3) is 3.46. The maximum Gasteiger partial charge on any atom is 0.306 e. The predicted molar refractivity (Wildman–Crippen MR) is 77.8 cm³/mol. The zero-order valence-electron chi connectivity index (χ0n) is 11.9. The van der Waals surface area contributed by atoms with Gasteiger partial charge in [-0.1, -0.05) is 42.8 Å². The molecule has 3 atom stereocenters. The number of benzene rings is 1. The highest BCUT2D eigenvalue weighted by atomic mass is 16.4. The van der Waals surface area contributed by atoms with E-state index in [9.17, 15) is 4.79 Å². The van der Waals surface area contributed by atoms with E-state index in [0.717, 1.165) is 12.8 Å². The summed E-state index contributed by atoms with van der Waals surface area (Å²) in [7, 11) is 0. The van der Waals surface area contributed by atoms with Gasteiger partial charge in [-0.05, 0) is 49.7 Å². The van der Waals surface area contributed by atoms with Crippen molar-refractivity contribution >= 4 is 11.5 Å². The molecular weight excluding hydrogens is 236 g/mol. The smallest absolute Gasteiger partial charge is 0.306 e. The molecule has 1 N–H and O–H groups in total. The summed E-state index contributed by atoms with van der Waals surface area (Å²) in [5, 5.41) is 8.98. The van der Waals surface area contributed by atoms with Crippen molar-refractivity contribution in [2.75, 3.05) is 0 Å². The summed E-state index contributed by atoms with van der Waals surface area (Å²) in [6.07, 6.45) is 4.32. The lowest BCUT2D eigenvalue weighted by molar-refractivity contribution is -0.141. The first kappa shape index (κ1) is 13.9. The molecule has 19 heavy (non-hydrogen) atoms. The van der Waals surface area contributed by atoms with Gasteiger partial charge in [0.15, 0.2) is 0 Å². The number of allylic oxidation sites excluding steroid dienone is 2. The Kier molecular flexibility index (Phi) is 4.08. The SMILES string of the molecule is CC(=CCC1CC1C(C)C(=O)O)c1ccc(C)cc1. The van der Waals surface area contributed by atoms with E-state index in [1.54, 1.807) is 0 Å². The lowest BCUT2D eigenvalue weighted by Crippen LogP contribution is -2.12. The fourth-order valence-electron chi connectivity index (χ4n) is 2.60. The summed E-state index contributed by atoms with van der Waals surface area (Å²) in [4.78, 5) is 10.9. The third-order valence-electron chi connectivity index (χ3n) is 4.24. The van der Waals surface area contributed by atoms with Crippen molar-refractivity contribution < 1.29 is 9.90 Å². The third-order valence-corrected chi connectivity index (χ3v) is 4.24. The highest BCUT2D eigenvalue weighted by Gasteiger charge is 2.42. The minimum atomic E-state index is -0.660. The van der Waals surface area contributed by atoms with Gasteiger partial charge >= 0.3 is 5.97 Å². The number of hydrogen-bond donors (Lipinski definition) is 1. The molecular formula is C17H22O2. The summed E-state index contributed by atoms with van der Waals surface area (Å²) in [6.45, 7) is 6.04. The van der Waals surface area contributed by atoms with Crippen LogP contribution in [0.15, 0.2) is 30.3 Å². The van der Waals surface area contributed by atoms with Crippen molar-refractivity contribution in [3.05, 3.63) is 41.5 Å². The fourth-order valence-corrected chi connectivity index (χ4v) is 2.60. The van der Waals surface area contributed by atoms with Crippen LogP contribution < -0.4 is 0 Å². The van der Waals surface area contributed by atoms with E-state index in [1.807, 2.05) is 6.92 Å². The molecule has 1 aromatic rings. The van der Waals surface area contributed by atoms with E-state index in [0.29, 0.717) is 11.8 Å². The van der Waals surface area contributed by atoms with Crippen LogP contribution >= 0.6 is 0 Å². The predicted octanol–water partition coefficient (Wildman–Crippen LogP) is 4.15. The molecule has 0 aliphatic heterocycles. The number of carbonyl (C=O) groups is 1. The lowest BCUT2D eigenvalue weighted by atomic mass is 10.0. The van der Waals surface area contributed by atoms with Crippen LogP contribution in [-0.4, -0.2) is 11.1 Å². The molecule has 1 aliphatic carbocycles. The Morgan fingerprint density at radius 2 is 2.05 bits per heavy atom. The largest absolute Gasteiger partial charge is 0.481 e. The molecule has 1 aliphatic rings. The van der Waals surface area contributed by atoms with E-state index in [4.69, 9.17) is 5.11 Å². The monoisotopic (exact) mass is 258 g/mol. The van der Waals surface area contributed by atoms with Gasteiger partial charge in [-0.2, -0.15) is 0 Å². The summed E-state index contributed by atoms with van der Waals surface area (Å²) in [5.41, 5.74) is 3.82. The second-order valence-electron chi connectivity index (χ2n) is 5.78. The van der Waals surface area contributed by atoms with Crippen LogP contribution in [0.5, 0.6) is 0 Å². The van der Waals surface area contributed by atoms with Gasteiger partial charge in [-0.15, -0.1) is 0 Å². The first-order valence-electron chi connectivity index (χ1n) is 6.95. The molecule has 0 radical (unpaired) electrons. The van der Waals surface area contributed by atoms with E-state index < -0.39 is 5.97 Å². The van der Waals surface area contributed by atoms with Crippen LogP contribution in [0.2, 0.25) is 0 Å². The fraction of sp³-hybridized carbons (Fsp3) is 0.471. The van der Waals surface area contributed by atoms with Crippen LogP contribution in [0.1, 0.15) is 37.8 Å². The first-order chi connectivity index (χ1) is 8.99. The Balaban J connectivity index is 1.90. The Labute approximate surface area is 115 Å². The summed E-state index contributed by atoms with van der Waals surface area (Å²) >= 11 is 0. The molecule has 0 bridgehead atoms. The van der Waals surface area contributed by atoms with Crippen LogP contribution in [0.3, 0.4) is 0 Å². The van der Waals surface area contributed by atoms with Crippen LogP contribution in [0.4, 0.5) is 0 Å². The average Bonchev–Trinajstić information content (AvgIpc) is 3.15. The topological polar surface area (TPSA) is 37.3 Å². The molecule has 2 rings (SSSR count). The standard InChI is InChI=1S/C17H22O2/c1-11-4-7-14(8-5-11)12(2)6-9-15-10-16(15)13(3)17(18)19/h4-8,13,15-16H,9-10H2,1-3H3,(H,18,19). The zero-order chi connectivity index (χ0) is 14.0. The summed E-state index contributed by atoms with van der Waals surface area (Å²) in [5.74, 6) is 0.0795. The number of carboxylic acids is 1. The Hall–Kier alpha value is -1.57. The van der Waals surface area contributed by atoms with Crippen molar-refractivity contribution in [1.82, 2.24) is 0 Å². The lowest BCUT2D eigenvalue weighted by Gasteiger charge is -2.05. The number of aliphatic carboxylic acids is 1. The highest BCUT2D eigenvalue weighted by Crippen LogP contribution is 2.47. The molecule has 0 aromatic heterocycles. The maximum absolute atomic E-state index is 10.9. The number of carboxylic acid groups (broad SMARTS) is 1. The quantitative estimate of drug-likeness (QED) is 0.861. The van der Waals surface area contributed by atoms with E-state index >= 15 is 0 Å². The van der Waals surface area contributed by atoms with Gasteiger partial charge in [-0.3, -0.25) is 4.79 Å². The highest BCUT2D eigenvalue weighted by molar-refractivity contribution is 5.70. The molecule has 3 unspecified atom stereocenters. The van der Waals surface area contributed by atoms with Crippen LogP contribution in [0.25, 0.3) is 5.57 Å². The van der Waals surface area contributed by atoms with E-state index in [2.05, 4.69) is 44.2 Å². The zero-order valence-corrected chi connectivity index (χ0v) is 11.9. The molecule has 0 spiro atoms. The van der Waals surface area contributed by atoms with E-state index in [1.165, 1.54) is 16.7 Å². The van der Waals surface area contributed by atoms with Crippen molar-refractivity contribution in [3.8, 4) is 0 Å². The van der Waals surface area contributed by atoms with Gasteiger partial charge in [0.1, 0.15) is 0 Å². The second kappa shape index (κ2) is 5.60. The Bertz CT molecular complexity index is 484. The normalized spacial score (nSPS) is 24.1. The molecule has 0 heterocycles. The first-order valence-corrected chi connectivity index (χ1v) is 6.95. The number of rotatable bonds is 5. The average molecular weight is 258 g/mol. The van der Waals surface area contributed by atoms with Crippen molar-refractivity contribution in [2.24, 2.45) is 17.8 Å². The van der Waals surface area contributed by atoms with Crippen LogP contribution in [0, 0.1) is 24.7 Å². The molecule has 102 valence electrons. The van der Waals surface area contributed by atoms with E-state index in [-0.39, 0.29) is 5.92 Å². The summed E-state index contributed by atoms with van der Waals surface area (Å²) < 4.78 is 0. The van der Waals surface area contributed by atoms with Gasteiger partial charge in [0.25, 0.3) is 0 Å². The Morgan fingerprint density at radius 3 is 2.63 bits per heavy atom. The molecule has 0 amide bonds. The molecule has 2 nitrogen and oxygen atoms in total. The van der Waals surface area contributed by atoms with Gasteiger partial charge in [-0.25, -0.2) is 0 Å². The number of hydrogen-bond acceptors (Lipinski definition) is 1. The number of aryl methyl sites for hydroxylation is 1. The maximum atomic E-state index is 10.9. The molecule has 1 fully saturated rings. The Morgan fingerprint density at radius 1 is 1.42 bits per heavy atom. The minimum Gasteiger partial charge on any atom is -0.481 e. The molecule has 1 saturated carbocycles. The van der Waals surface area contributed by atoms with Gasteiger partial charge in [0.05, 0.1) is 5.92 Å². The van der Waals surface area contributed by atoms with Gasteiger partial charge in [0.2, 0.25) is 0 Å². The minimum absolute atomic E-state index is 0.196. The van der Waals surface area contributed by atoms with Gasteiger partial charge < -0.3 is 5.11 Å². The molecule has 0 saturated heterocycles. The van der Waals surface area contributed by atoms with Crippen molar-refractivity contribution in [1.29, 1.82) is 0 Å². The molecule has 2 heteroatoms. The summed E-state index contributed by atoms with van der Waals surface area (Å²) in [6, 6.07) is 8.54. The van der Waals surface area contributed by atoms with Crippen molar-refractivity contribution in [2.45, 2.75) is 33.6 Å². The van der Waals surface area contributed by atoms with Crippen LogP contribution in [-0.2, 0) is 4.79 Å². The molecule has 1 aromatic carbocycles. The second-order valence-corrected chi connectivity index (χ2v) is 5.78. The van der Waals surface area contributed by atoms with Crippen molar-refractivity contribution in [3.63, 3.8) is 0 Å².